The number of fused-ring (bicyclic) bond motifs is 1. The molecule has 0 bridgehead atoms. The van der Waals surface area contributed by atoms with Gasteiger partial charge in [-0.1, -0.05) is 48.5 Å². The van der Waals surface area contributed by atoms with Crippen LogP contribution in [-0.2, 0) is 4.74 Å². The second-order valence-electron chi connectivity index (χ2n) is 7.26. The molecule has 0 radical (unpaired) electrons. The molecule has 4 rings (SSSR count). The van der Waals surface area contributed by atoms with Gasteiger partial charge in [-0.2, -0.15) is 5.10 Å². The van der Waals surface area contributed by atoms with Crippen LogP contribution in [0.5, 0.6) is 0 Å². The summed E-state index contributed by atoms with van der Waals surface area (Å²) in [4.78, 5) is 27.9. The molecule has 1 amide bonds. The summed E-state index contributed by atoms with van der Waals surface area (Å²) in [7, 11) is 0. The number of ether oxygens (including phenoxy) is 1. The van der Waals surface area contributed by atoms with Crippen LogP contribution in [0.15, 0.2) is 59.4 Å². The van der Waals surface area contributed by atoms with Gasteiger partial charge in [0.15, 0.2) is 5.69 Å². The van der Waals surface area contributed by atoms with E-state index >= 15 is 0 Å². The molecule has 6 heteroatoms. The van der Waals surface area contributed by atoms with E-state index in [0.717, 1.165) is 5.56 Å². The van der Waals surface area contributed by atoms with E-state index in [4.69, 9.17) is 4.74 Å². The number of nitrogens with zero attached hydrogens (tertiary/aromatic N) is 3. The van der Waals surface area contributed by atoms with E-state index in [1.807, 2.05) is 56.3 Å². The average Bonchev–Trinajstić information content (AvgIpc) is 2.74. The highest BCUT2D eigenvalue weighted by atomic mass is 16.5. The Labute approximate surface area is 163 Å². The first-order chi connectivity index (χ1) is 13.6. The lowest BCUT2D eigenvalue weighted by Crippen LogP contribution is -2.43. The van der Waals surface area contributed by atoms with E-state index in [-0.39, 0.29) is 23.6 Å². The fourth-order valence-corrected chi connectivity index (χ4v) is 3.57. The summed E-state index contributed by atoms with van der Waals surface area (Å²) in [6.45, 7) is 5.20. The van der Waals surface area contributed by atoms with E-state index in [2.05, 4.69) is 5.10 Å². The molecule has 1 fully saturated rings. The zero-order valence-electron chi connectivity index (χ0n) is 16.0. The Kier molecular flexibility index (Phi) is 4.96. The molecule has 2 aromatic carbocycles. The third-order valence-electron chi connectivity index (χ3n) is 5.05. The Morgan fingerprint density at radius 1 is 1.07 bits per heavy atom. The smallest absolute Gasteiger partial charge is 0.275 e. The van der Waals surface area contributed by atoms with Gasteiger partial charge in [0.05, 0.1) is 24.6 Å². The van der Waals surface area contributed by atoms with Crippen molar-refractivity contribution in [3.8, 4) is 0 Å². The Morgan fingerprint density at radius 3 is 2.46 bits per heavy atom. The molecule has 3 aromatic rings. The molecule has 0 spiro atoms. The van der Waals surface area contributed by atoms with E-state index in [9.17, 15) is 9.59 Å². The molecular weight excluding hydrogens is 354 g/mol. The molecule has 144 valence electrons. The normalized spacial score (nSPS) is 17.2. The summed E-state index contributed by atoms with van der Waals surface area (Å²) in [5.41, 5.74) is 1.19. The van der Waals surface area contributed by atoms with Gasteiger partial charge >= 0.3 is 0 Å². The Bertz CT molecular complexity index is 1060. The summed E-state index contributed by atoms with van der Waals surface area (Å²) < 4.78 is 7.27. The third kappa shape index (κ3) is 3.31. The van der Waals surface area contributed by atoms with Crippen LogP contribution in [0.3, 0.4) is 0 Å². The van der Waals surface area contributed by atoms with Crippen LogP contribution in [0.25, 0.3) is 10.8 Å². The van der Waals surface area contributed by atoms with E-state index in [1.165, 1.54) is 4.68 Å². The molecule has 0 aliphatic carbocycles. The van der Waals surface area contributed by atoms with Gasteiger partial charge in [-0.15, -0.1) is 0 Å². The zero-order chi connectivity index (χ0) is 19.7. The monoisotopic (exact) mass is 377 g/mol. The minimum atomic E-state index is -0.175. The highest BCUT2D eigenvalue weighted by Gasteiger charge is 2.28. The quantitative estimate of drug-likeness (QED) is 0.703. The van der Waals surface area contributed by atoms with Gasteiger partial charge < -0.3 is 9.64 Å². The molecule has 1 aromatic heterocycles. The second-order valence-corrected chi connectivity index (χ2v) is 7.26. The lowest BCUT2D eigenvalue weighted by atomic mass is 10.1. The first-order valence-electron chi connectivity index (χ1n) is 9.53. The van der Waals surface area contributed by atoms with Crippen molar-refractivity contribution in [2.75, 3.05) is 19.7 Å². The van der Waals surface area contributed by atoms with Crippen molar-refractivity contribution in [2.24, 2.45) is 0 Å². The van der Waals surface area contributed by atoms with Crippen LogP contribution in [0, 0.1) is 0 Å². The molecular formula is C22H23N3O3. The van der Waals surface area contributed by atoms with Crippen molar-refractivity contribution in [1.29, 1.82) is 0 Å². The number of aromatic nitrogens is 2. The van der Waals surface area contributed by atoms with Crippen molar-refractivity contribution in [3.63, 3.8) is 0 Å². The number of hydrogen-bond donors (Lipinski definition) is 0. The van der Waals surface area contributed by atoms with Crippen LogP contribution in [0.4, 0.5) is 0 Å². The predicted molar refractivity (Wildman–Crippen MR) is 107 cm³/mol. The van der Waals surface area contributed by atoms with E-state index in [1.54, 1.807) is 17.0 Å². The first kappa shape index (κ1) is 18.4. The molecule has 2 heterocycles. The number of benzene rings is 2. The number of hydrogen-bond acceptors (Lipinski definition) is 4. The van der Waals surface area contributed by atoms with Crippen LogP contribution < -0.4 is 5.56 Å². The maximum absolute atomic E-state index is 13.4. The summed E-state index contributed by atoms with van der Waals surface area (Å²) in [5.74, 6) is -0.171. The number of amides is 1. The molecule has 1 aliphatic rings. The molecule has 1 unspecified atom stereocenters. The van der Waals surface area contributed by atoms with Crippen LogP contribution >= 0.6 is 0 Å². The molecule has 1 atom stereocenters. The van der Waals surface area contributed by atoms with Gasteiger partial charge in [0.25, 0.3) is 11.5 Å². The Morgan fingerprint density at radius 2 is 1.75 bits per heavy atom. The highest BCUT2D eigenvalue weighted by Crippen LogP contribution is 2.24. The minimum absolute atomic E-state index is 0.134. The fraction of sp³-hybridized carbons (Fsp3) is 0.318. The first-order valence-corrected chi connectivity index (χ1v) is 9.53. The van der Waals surface area contributed by atoms with Gasteiger partial charge in [0.2, 0.25) is 0 Å². The molecule has 1 aliphatic heterocycles. The fourth-order valence-electron chi connectivity index (χ4n) is 3.57. The standard InChI is InChI=1S/C22H23N3O3/c1-15(2)25-21(26)18-11-7-6-10-17(18)20(23-25)22(27)24-12-13-28-19(14-24)16-8-4-3-5-9-16/h3-11,15,19H,12-14H2,1-2H3. The van der Waals surface area contributed by atoms with Crippen LogP contribution in [0.1, 0.15) is 42.0 Å². The Balaban J connectivity index is 1.72. The maximum atomic E-state index is 13.4. The van der Waals surface area contributed by atoms with Crippen molar-refractivity contribution in [2.45, 2.75) is 26.0 Å². The lowest BCUT2D eigenvalue weighted by Gasteiger charge is -2.33. The highest BCUT2D eigenvalue weighted by molar-refractivity contribution is 6.04. The van der Waals surface area contributed by atoms with Crippen LogP contribution in [-0.4, -0.2) is 40.3 Å². The predicted octanol–water partition coefficient (Wildman–Crippen LogP) is 3.19. The SMILES string of the molecule is CC(C)n1nc(C(=O)N2CCOC(c3ccccc3)C2)c2ccccc2c1=O. The van der Waals surface area contributed by atoms with Crippen LogP contribution in [0.2, 0.25) is 0 Å². The number of morpholine rings is 1. The van der Waals surface area contributed by atoms with Gasteiger partial charge in [-0.05, 0) is 25.5 Å². The summed E-state index contributed by atoms with van der Waals surface area (Å²) in [5, 5.41) is 5.56. The summed E-state index contributed by atoms with van der Waals surface area (Å²) in [6, 6.07) is 16.9. The van der Waals surface area contributed by atoms with E-state index < -0.39 is 0 Å². The molecule has 0 saturated carbocycles. The number of rotatable bonds is 3. The lowest BCUT2D eigenvalue weighted by molar-refractivity contribution is -0.0230. The summed E-state index contributed by atoms with van der Waals surface area (Å²) >= 11 is 0. The van der Waals surface area contributed by atoms with Gasteiger partial charge in [-0.3, -0.25) is 9.59 Å². The molecule has 1 saturated heterocycles. The van der Waals surface area contributed by atoms with E-state index in [0.29, 0.717) is 36.2 Å². The summed E-state index contributed by atoms with van der Waals surface area (Å²) in [6.07, 6.45) is -0.166. The van der Waals surface area contributed by atoms with Gasteiger partial charge in [-0.25, -0.2) is 4.68 Å². The average molecular weight is 377 g/mol. The maximum Gasteiger partial charge on any atom is 0.275 e. The third-order valence-corrected chi connectivity index (χ3v) is 5.05. The molecule has 6 nitrogen and oxygen atoms in total. The molecule has 0 N–H and O–H groups in total. The van der Waals surface area contributed by atoms with Gasteiger partial charge in [0, 0.05) is 11.9 Å². The van der Waals surface area contributed by atoms with Crippen molar-refractivity contribution < 1.29 is 9.53 Å². The second kappa shape index (κ2) is 7.56. The molecule has 28 heavy (non-hydrogen) atoms. The Hall–Kier alpha value is -2.99. The zero-order valence-corrected chi connectivity index (χ0v) is 16.0. The van der Waals surface area contributed by atoms with Crippen molar-refractivity contribution >= 4 is 16.7 Å². The number of carbonyl (C=O) groups is 1. The topological polar surface area (TPSA) is 64.4 Å². The largest absolute Gasteiger partial charge is 0.370 e. The van der Waals surface area contributed by atoms with Crippen molar-refractivity contribution in [1.82, 2.24) is 14.7 Å². The van der Waals surface area contributed by atoms with Gasteiger partial charge in [0.1, 0.15) is 6.10 Å². The minimum Gasteiger partial charge on any atom is -0.370 e. The number of carbonyl (C=O) groups excluding carboxylic acids is 1. The van der Waals surface area contributed by atoms with Crippen molar-refractivity contribution in [3.05, 3.63) is 76.2 Å².